The Morgan fingerprint density at radius 1 is 1.12 bits per heavy atom. The number of rotatable bonds is 3. The van der Waals surface area contributed by atoms with Crippen LogP contribution >= 0.6 is 34.8 Å². The second-order valence-corrected chi connectivity index (χ2v) is 6.79. The van der Waals surface area contributed by atoms with Crippen molar-refractivity contribution in [1.82, 2.24) is 10.5 Å². The lowest BCUT2D eigenvalue weighted by Crippen LogP contribution is -2.42. The standard InChI is InChI=1S/C16H11Cl3F3N3O/c17-10-2-9(3-11(18)4-10)15(16(20,21)22)5-13(25-26-15)8-1-12(19)14(6-23)24-7-8/h1-5,7,25H,6,23H2. The number of benzene rings is 1. The maximum Gasteiger partial charge on any atom is 0.428 e. The molecule has 1 aliphatic heterocycles. The summed E-state index contributed by atoms with van der Waals surface area (Å²) in [6, 6.07) is 5.07. The number of pyridine rings is 1. The highest BCUT2D eigenvalue weighted by atomic mass is 35.5. The van der Waals surface area contributed by atoms with E-state index in [9.17, 15) is 13.2 Å². The largest absolute Gasteiger partial charge is 0.428 e. The van der Waals surface area contributed by atoms with Gasteiger partial charge in [0.25, 0.3) is 0 Å². The van der Waals surface area contributed by atoms with Crippen molar-refractivity contribution in [2.45, 2.75) is 18.3 Å². The normalized spacial score (nSPS) is 20.0. The average molecular weight is 425 g/mol. The van der Waals surface area contributed by atoms with E-state index in [4.69, 9.17) is 45.4 Å². The lowest BCUT2D eigenvalue weighted by Gasteiger charge is -2.28. The fourth-order valence-electron chi connectivity index (χ4n) is 2.52. The Morgan fingerprint density at radius 2 is 1.77 bits per heavy atom. The number of nitrogens with one attached hydrogen (secondary N) is 1. The zero-order valence-corrected chi connectivity index (χ0v) is 15.1. The van der Waals surface area contributed by atoms with E-state index >= 15 is 0 Å². The van der Waals surface area contributed by atoms with Gasteiger partial charge in [-0.1, -0.05) is 34.8 Å². The second-order valence-electron chi connectivity index (χ2n) is 5.51. The number of hydroxylamine groups is 1. The van der Waals surface area contributed by atoms with Gasteiger partial charge < -0.3 is 5.73 Å². The summed E-state index contributed by atoms with van der Waals surface area (Å²) in [4.78, 5) is 9.02. The molecule has 3 rings (SSSR count). The third kappa shape index (κ3) is 3.37. The second kappa shape index (κ2) is 6.90. The molecular weight excluding hydrogens is 414 g/mol. The summed E-state index contributed by atoms with van der Waals surface area (Å²) in [7, 11) is 0. The molecule has 2 aromatic rings. The van der Waals surface area contributed by atoms with Gasteiger partial charge in [-0.2, -0.15) is 13.2 Å². The molecule has 0 spiro atoms. The van der Waals surface area contributed by atoms with Crippen molar-refractivity contribution in [3.05, 3.63) is 68.4 Å². The van der Waals surface area contributed by atoms with Crippen LogP contribution in [0, 0.1) is 0 Å². The maximum atomic E-state index is 13.9. The molecule has 0 radical (unpaired) electrons. The highest BCUT2D eigenvalue weighted by Gasteiger charge is 2.59. The Bertz CT molecular complexity index is 869. The summed E-state index contributed by atoms with van der Waals surface area (Å²) in [5, 5.41) is 0.347. The van der Waals surface area contributed by atoms with Crippen LogP contribution in [-0.2, 0) is 17.0 Å². The summed E-state index contributed by atoms with van der Waals surface area (Å²) in [5.41, 5.74) is 5.54. The molecule has 2 heterocycles. The molecule has 1 unspecified atom stereocenters. The molecule has 1 aromatic heterocycles. The fourth-order valence-corrected chi connectivity index (χ4v) is 3.29. The minimum Gasteiger partial charge on any atom is -0.325 e. The van der Waals surface area contributed by atoms with Crippen molar-refractivity contribution < 1.29 is 18.0 Å². The topological polar surface area (TPSA) is 60.2 Å². The number of nitrogens with two attached hydrogens (primary N) is 1. The molecule has 1 aliphatic rings. The zero-order valence-electron chi connectivity index (χ0n) is 12.9. The van der Waals surface area contributed by atoms with Crippen LogP contribution in [0.15, 0.2) is 36.5 Å². The predicted molar refractivity (Wildman–Crippen MR) is 93.5 cm³/mol. The molecule has 10 heteroatoms. The SMILES string of the molecule is NCc1ncc(C2=CC(c3cc(Cl)cc(Cl)c3)(C(F)(F)F)ON2)cc1Cl. The molecule has 0 saturated heterocycles. The molecule has 0 aliphatic carbocycles. The Kier molecular flexibility index (Phi) is 5.11. The van der Waals surface area contributed by atoms with E-state index in [1.54, 1.807) is 0 Å². The van der Waals surface area contributed by atoms with Crippen LogP contribution in [0.4, 0.5) is 13.2 Å². The van der Waals surface area contributed by atoms with Gasteiger partial charge in [0.15, 0.2) is 0 Å². The third-order valence-electron chi connectivity index (χ3n) is 3.80. The molecule has 0 bridgehead atoms. The molecule has 3 N–H and O–H groups in total. The zero-order chi connectivity index (χ0) is 19.1. The van der Waals surface area contributed by atoms with E-state index in [1.165, 1.54) is 18.3 Å². The van der Waals surface area contributed by atoms with Crippen LogP contribution in [0.3, 0.4) is 0 Å². The van der Waals surface area contributed by atoms with E-state index in [-0.39, 0.29) is 32.9 Å². The van der Waals surface area contributed by atoms with Crippen molar-refractivity contribution >= 4 is 40.5 Å². The van der Waals surface area contributed by atoms with Crippen molar-refractivity contribution in [3.63, 3.8) is 0 Å². The van der Waals surface area contributed by atoms with Crippen LogP contribution in [0.25, 0.3) is 5.70 Å². The van der Waals surface area contributed by atoms with E-state index < -0.39 is 11.8 Å². The summed E-state index contributed by atoms with van der Waals surface area (Å²) in [5.74, 6) is 0. The highest BCUT2D eigenvalue weighted by Crippen LogP contribution is 2.48. The number of hydrogen-bond donors (Lipinski definition) is 2. The van der Waals surface area contributed by atoms with E-state index in [2.05, 4.69) is 10.5 Å². The van der Waals surface area contributed by atoms with Crippen molar-refractivity contribution in [1.29, 1.82) is 0 Å². The lowest BCUT2D eigenvalue weighted by atomic mass is 9.91. The average Bonchev–Trinajstić information content (AvgIpc) is 3.00. The minimum absolute atomic E-state index is 0.0522. The smallest absolute Gasteiger partial charge is 0.325 e. The summed E-state index contributed by atoms with van der Waals surface area (Å²) >= 11 is 17.8. The molecular formula is C16H11Cl3F3N3O. The number of nitrogens with zero attached hydrogens (tertiary/aromatic N) is 1. The van der Waals surface area contributed by atoms with Gasteiger partial charge in [0.2, 0.25) is 5.60 Å². The molecule has 0 saturated carbocycles. The van der Waals surface area contributed by atoms with Gasteiger partial charge in [-0.15, -0.1) is 0 Å². The minimum atomic E-state index is -4.79. The number of hydrogen-bond acceptors (Lipinski definition) is 4. The highest BCUT2D eigenvalue weighted by molar-refractivity contribution is 6.34. The van der Waals surface area contributed by atoms with Gasteiger partial charge in [0.1, 0.15) is 0 Å². The Morgan fingerprint density at radius 3 is 2.31 bits per heavy atom. The van der Waals surface area contributed by atoms with Gasteiger partial charge >= 0.3 is 6.18 Å². The van der Waals surface area contributed by atoms with E-state index in [1.807, 2.05) is 0 Å². The first-order valence-corrected chi connectivity index (χ1v) is 8.35. The number of aromatic nitrogens is 1. The van der Waals surface area contributed by atoms with E-state index in [0.717, 1.165) is 18.2 Å². The molecule has 0 fully saturated rings. The van der Waals surface area contributed by atoms with Crippen LogP contribution in [0.2, 0.25) is 15.1 Å². The predicted octanol–water partition coefficient (Wildman–Crippen LogP) is 4.83. The van der Waals surface area contributed by atoms with Crippen LogP contribution in [-0.4, -0.2) is 11.2 Å². The summed E-state index contributed by atoms with van der Waals surface area (Å²) < 4.78 is 41.7. The number of halogens is 6. The first-order chi connectivity index (χ1) is 12.2. The monoisotopic (exact) mass is 423 g/mol. The fraction of sp³-hybridized carbons (Fsp3) is 0.188. The first kappa shape index (κ1) is 19.3. The summed E-state index contributed by atoms with van der Waals surface area (Å²) in [6.07, 6.45) is -2.54. The third-order valence-corrected chi connectivity index (χ3v) is 4.57. The van der Waals surface area contributed by atoms with Crippen LogP contribution in [0.1, 0.15) is 16.8 Å². The van der Waals surface area contributed by atoms with Gasteiger partial charge in [-0.05, 0) is 30.3 Å². The van der Waals surface area contributed by atoms with Gasteiger partial charge in [-0.3, -0.25) is 15.3 Å². The van der Waals surface area contributed by atoms with Crippen molar-refractivity contribution in [2.75, 3.05) is 0 Å². The lowest BCUT2D eigenvalue weighted by molar-refractivity contribution is -0.269. The number of alkyl halides is 3. The van der Waals surface area contributed by atoms with Gasteiger partial charge in [0.05, 0.1) is 16.4 Å². The molecule has 138 valence electrons. The molecule has 1 atom stereocenters. The molecule has 1 aromatic carbocycles. The molecule has 26 heavy (non-hydrogen) atoms. The van der Waals surface area contributed by atoms with Crippen molar-refractivity contribution in [3.8, 4) is 0 Å². The Labute approximate surface area is 161 Å². The van der Waals surface area contributed by atoms with E-state index in [0.29, 0.717) is 11.3 Å². The van der Waals surface area contributed by atoms with Crippen LogP contribution < -0.4 is 11.2 Å². The Hall–Kier alpha value is -1.51. The maximum absolute atomic E-state index is 13.9. The quantitative estimate of drug-likeness (QED) is 0.741. The van der Waals surface area contributed by atoms with Gasteiger partial charge in [-0.25, -0.2) is 0 Å². The molecule has 4 nitrogen and oxygen atoms in total. The first-order valence-electron chi connectivity index (χ1n) is 7.21. The van der Waals surface area contributed by atoms with Crippen LogP contribution in [0.5, 0.6) is 0 Å². The molecule has 0 amide bonds. The van der Waals surface area contributed by atoms with Crippen molar-refractivity contribution in [2.24, 2.45) is 5.73 Å². The Balaban J connectivity index is 2.12. The van der Waals surface area contributed by atoms with Gasteiger partial charge in [0, 0.05) is 33.9 Å². The summed E-state index contributed by atoms with van der Waals surface area (Å²) in [6.45, 7) is 0.107.